The van der Waals surface area contributed by atoms with Crippen LogP contribution in [0.3, 0.4) is 0 Å². The molecule has 5 heteroatoms. The van der Waals surface area contributed by atoms with Gasteiger partial charge in [-0.05, 0) is 116 Å². The van der Waals surface area contributed by atoms with Crippen LogP contribution >= 0.6 is 0 Å². The van der Waals surface area contributed by atoms with E-state index >= 15 is 0 Å². The maximum atomic E-state index is 12.3. The molecule has 0 amide bonds. The Kier molecular flexibility index (Phi) is 11.6. The number of imidazole rings is 1. The Hall–Kier alpha value is -5.57. The fraction of sp³-hybridized carbons (Fsp3) is 0.288. The van der Waals surface area contributed by atoms with Crippen molar-refractivity contribution in [1.82, 2.24) is 14.5 Å². The fourth-order valence-electron chi connectivity index (χ4n) is 8.32. The number of fused-ring (bicyclic) bond motifs is 1. The number of aromatic hydroxyl groups is 1. The molecule has 8 rings (SSSR count). The Morgan fingerprint density at radius 1 is 0.641 bits per heavy atom. The number of aryl methyl sites for hydroxylation is 1. The van der Waals surface area contributed by atoms with E-state index in [1.54, 1.807) is 6.07 Å². The second-order valence-corrected chi connectivity index (χ2v) is 19.0. The molecule has 0 saturated heterocycles. The van der Waals surface area contributed by atoms with Crippen molar-refractivity contribution in [2.24, 2.45) is 0 Å². The number of para-hydroxylation sites is 1. The summed E-state index contributed by atoms with van der Waals surface area (Å²) in [5, 5.41) is 12.3. The normalized spacial score (nSPS) is 13.6. The summed E-state index contributed by atoms with van der Waals surface area (Å²) in [6.45, 7) is 19.6. The molecule has 6 aromatic carbocycles. The van der Waals surface area contributed by atoms with Gasteiger partial charge in [-0.2, -0.15) is 0 Å². The van der Waals surface area contributed by atoms with Crippen LogP contribution in [0.15, 0.2) is 128 Å². The fourth-order valence-corrected chi connectivity index (χ4v) is 8.32. The molecule has 0 aliphatic rings. The van der Waals surface area contributed by atoms with Gasteiger partial charge in [-0.1, -0.05) is 166 Å². The Bertz CT molecular complexity index is 3150. The molecule has 2 aromatic heterocycles. The molecule has 64 heavy (non-hydrogen) atoms. The van der Waals surface area contributed by atoms with Crippen LogP contribution in [-0.4, -0.2) is 19.6 Å². The summed E-state index contributed by atoms with van der Waals surface area (Å²) in [7, 11) is 0. The molecule has 330 valence electrons. The number of rotatable bonds is 10. The van der Waals surface area contributed by atoms with Gasteiger partial charge in [0.1, 0.15) is 11.6 Å². The average molecular weight is 1030 g/mol. The van der Waals surface area contributed by atoms with Gasteiger partial charge in [0.2, 0.25) is 0 Å². The van der Waals surface area contributed by atoms with Gasteiger partial charge in [-0.25, -0.2) is 4.98 Å². The van der Waals surface area contributed by atoms with Crippen molar-refractivity contribution in [3.8, 4) is 67.5 Å². The summed E-state index contributed by atoms with van der Waals surface area (Å²) in [4.78, 5) is 10.3. The number of hydrogen-bond donors (Lipinski definition) is 1. The number of pyridine rings is 1. The first-order valence-electron chi connectivity index (χ1n) is 24.6. The van der Waals surface area contributed by atoms with E-state index in [0.717, 1.165) is 66.9 Å². The third-order valence-corrected chi connectivity index (χ3v) is 12.2. The molecule has 1 N–H and O–H groups in total. The van der Waals surface area contributed by atoms with Gasteiger partial charge in [0, 0.05) is 39.8 Å². The Balaban J connectivity index is 0.00000703. The zero-order valence-corrected chi connectivity index (χ0v) is 41.2. The first kappa shape index (κ1) is 40.0. The third kappa shape index (κ3) is 9.18. The molecular weight excluding hydrogens is 962 g/mol. The third-order valence-electron chi connectivity index (χ3n) is 12.2. The maximum Gasteiger partial charge on any atom is 0.148 e. The van der Waals surface area contributed by atoms with Gasteiger partial charge < -0.3 is 5.11 Å². The van der Waals surface area contributed by atoms with E-state index in [1.807, 2.05) is 117 Å². The van der Waals surface area contributed by atoms with E-state index in [9.17, 15) is 5.11 Å². The van der Waals surface area contributed by atoms with E-state index in [-0.39, 0.29) is 49.6 Å². The Morgan fingerprint density at radius 3 is 1.97 bits per heavy atom. The van der Waals surface area contributed by atoms with Crippen LogP contribution in [0, 0.1) is 12.9 Å². The van der Waals surface area contributed by atoms with E-state index in [0.29, 0.717) is 33.7 Å². The summed E-state index contributed by atoms with van der Waals surface area (Å²) in [5.74, 6) is -1.29. The minimum Gasteiger partial charge on any atom is -0.507 e. The molecule has 0 unspecified atom stereocenters. The molecule has 8 aromatic rings. The number of nitrogens with zero attached hydrogens (tertiary/aromatic N) is 3. The zero-order chi connectivity index (χ0) is 49.2. The summed E-state index contributed by atoms with van der Waals surface area (Å²) >= 11 is 0. The summed E-state index contributed by atoms with van der Waals surface area (Å²) in [6, 6.07) is 43.6. The smallest absolute Gasteiger partial charge is 0.148 e. The molecular formula is C59H62N3OPt-. The zero-order valence-electron chi connectivity index (χ0n) is 43.9. The minimum absolute atomic E-state index is 0. The molecule has 0 aliphatic heterocycles. The van der Waals surface area contributed by atoms with Gasteiger partial charge in [-0.15, -0.1) is 29.3 Å². The molecule has 0 bridgehead atoms. The van der Waals surface area contributed by atoms with Gasteiger partial charge in [0.15, 0.2) is 0 Å². The molecule has 0 spiro atoms. The van der Waals surface area contributed by atoms with Crippen LogP contribution in [0.2, 0.25) is 0 Å². The standard InChI is InChI=1S/C59H62N3O.Pt/c1-35(2)43-26-44(36(3)4)28-46(27-43)41-21-22-54(39(9)25-41)62-55-20-16-19-50(56(55)61-58(62)52-33-45(37(5)6)32-51(38(7)8)57(52)63)47-29-48(31-49(30-47)59(10,11)12)53-34-42(23-24-60-53)40-17-14-13-15-18-40;/h13-28,30-38,63H,1-12H3;/q-1;/i9D3,35D,36D;. The summed E-state index contributed by atoms with van der Waals surface area (Å²) < 4.78 is 47.0. The Morgan fingerprint density at radius 2 is 1.33 bits per heavy atom. The molecule has 0 atom stereocenters. The number of phenolic OH excluding ortho intramolecular Hbond substituents is 1. The van der Waals surface area contributed by atoms with E-state index in [2.05, 4.69) is 90.9 Å². The molecule has 0 fully saturated rings. The second-order valence-electron chi connectivity index (χ2n) is 19.0. The first-order valence-corrected chi connectivity index (χ1v) is 22.1. The average Bonchev–Trinajstić information content (AvgIpc) is 3.67. The van der Waals surface area contributed by atoms with Crippen molar-refractivity contribution in [1.29, 1.82) is 0 Å². The minimum atomic E-state index is -2.59. The van der Waals surface area contributed by atoms with E-state index in [4.69, 9.17) is 16.8 Å². The molecule has 0 aliphatic carbocycles. The van der Waals surface area contributed by atoms with Gasteiger partial charge >= 0.3 is 0 Å². The number of hydrogen-bond acceptors (Lipinski definition) is 3. The first-order chi connectivity index (χ1) is 31.8. The van der Waals surface area contributed by atoms with Gasteiger partial charge in [0.05, 0.1) is 22.3 Å². The van der Waals surface area contributed by atoms with Crippen molar-refractivity contribution in [3.63, 3.8) is 0 Å². The van der Waals surface area contributed by atoms with Crippen LogP contribution in [-0.2, 0) is 26.5 Å². The quantitative estimate of drug-likeness (QED) is 0.139. The van der Waals surface area contributed by atoms with Crippen LogP contribution in [0.25, 0.3) is 72.7 Å². The molecule has 0 saturated carbocycles. The van der Waals surface area contributed by atoms with Crippen LogP contribution in [0.5, 0.6) is 5.75 Å². The van der Waals surface area contributed by atoms with Crippen molar-refractivity contribution in [3.05, 3.63) is 167 Å². The van der Waals surface area contributed by atoms with Gasteiger partial charge in [0.25, 0.3) is 0 Å². The van der Waals surface area contributed by atoms with Crippen LogP contribution in [0.1, 0.15) is 140 Å². The van der Waals surface area contributed by atoms with Crippen molar-refractivity contribution >= 4 is 11.0 Å². The van der Waals surface area contributed by atoms with Crippen LogP contribution in [0.4, 0.5) is 0 Å². The SMILES string of the molecule is [2H]C([2H])([2H])c1cc(-c2cc(C([2H])(C)C)cc(C([2H])(C)C)c2)ccc1-n1c(-c2cc(C(C)C)cc(C(C)C)c2O)nc2c(-c3[c-]c(-c4cc(-c5ccccc5)ccn4)cc(C(C)(C)C)c3)cccc21.[Pt]. The summed E-state index contributed by atoms with van der Waals surface area (Å²) in [6.07, 6.45) is 1.84. The largest absolute Gasteiger partial charge is 0.507 e. The van der Waals surface area contributed by atoms with E-state index in [1.165, 1.54) is 0 Å². The van der Waals surface area contributed by atoms with Crippen molar-refractivity contribution in [2.75, 3.05) is 0 Å². The molecule has 4 nitrogen and oxygen atoms in total. The Labute approximate surface area is 403 Å². The second kappa shape index (κ2) is 18.5. The monoisotopic (exact) mass is 1030 g/mol. The van der Waals surface area contributed by atoms with Crippen molar-refractivity contribution in [2.45, 2.75) is 112 Å². The number of aromatic nitrogens is 3. The topological polar surface area (TPSA) is 50.9 Å². The van der Waals surface area contributed by atoms with Crippen LogP contribution < -0.4 is 0 Å². The van der Waals surface area contributed by atoms with Crippen molar-refractivity contribution < 1.29 is 33.0 Å². The predicted octanol–water partition coefficient (Wildman–Crippen LogP) is 16.4. The molecule has 2 heterocycles. The maximum absolute atomic E-state index is 12.3. The van der Waals surface area contributed by atoms with Gasteiger partial charge in [-0.3, -0.25) is 9.55 Å². The number of phenols is 1. The molecule has 0 radical (unpaired) electrons. The predicted molar refractivity (Wildman–Crippen MR) is 266 cm³/mol. The van der Waals surface area contributed by atoms with E-state index < -0.39 is 18.6 Å². The summed E-state index contributed by atoms with van der Waals surface area (Å²) in [5.41, 5.74) is 13.1. The number of benzene rings is 6.